The molecule has 0 unspecified atom stereocenters. The number of methoxy groups -OCH3 is 1. The minimum absolute atomic E-state index is 0.0217. The first-order chi connectivity index (χ1) is 10.1. The molecular weight excluding hydrogens is 297 g/mol. The van der Waals surface area contributed by atoms with Crippen molar-refractivity contribution in [2.24, 2.45) is 0 Å². The van der Waals surface area contributed by atoms with Crippen LogP contribution in [0.5, 0.6) is 11.5 Å². The summed E-state index contributed by atoms with van der Waals surface area (Å²) < 4.78 is 23.4. The molecule has 0 bridgehead atoms. The quantitative estimate of drug-likeness (QED) is 0.919. The second-order valence-electron chi connectivity index (χ2n) is 4.11. The topological polar surface area (TPSA) is 47.6 Å². The van der Waals surface area contributed by atoms with Crippen molar-refractivity contribution in [1.29, 1.82) is 0 Å². The van der Waals surface area contributed by atoms with Crippen molar-refractivity contribution in [3.8, 4) is 11.5 Å². The van der Waals surface area contributed by atoms with Gasteiger partial charge in [0, 0.05) is 6.07 Å². The summed E-state index contributed by atoms with van der Waals surface area (Å²) in [6.07, 6.45) is 0. The summed E-state index contributed by atoms with van der Waals surface area (Å²) in [6, 6.07) is 10.7. The number of ether oxygens (including phenoxy) is 2. The normalized spacial score (nSPS) is 10.0. The number of hydrogen-bond donors (Lipinski definition) is 1. The first-order valence-electron chi connectivity index (χ1n) is 6.11. The van der Waals surface area contributed by atoms with Crippen molar-refractivity contribution in [1.82, 2.24) is 0 Å². The summed E-state index contributed by atoms with van der Waals surface area (Å²) in [5.41, 5.74) is 0.430. The van der Waals surface area contributed by atoms with E-state index in [-0.39, 0.29) is 12.4 Å². The van der Waals surface area contributed by atoms with Crippen LogP contribution in [0.2, 0.25) is 5.02 Å². The van der Waals surface area contributed by atoms with Crippen LogP contribution in [0.15, 0.2) is 42.5 Å². The monoisotopic (exact) mass is 309 g/mol. The van der Waals surface area contributed by atoms with Crippen molar-refractivity contribution in [3.63, 3.8) is 0 Å². The van der Waals surface area contributed by atoms with E-state index in [1.807, 2.05) is 0 Å². The van der Waals surface area contributed by atoms with Crippen LogP contribution in [0.1, 0.15) is 0 Å². The fraction of sp³-hybridized carbons (Fsp3) is 0.133. The Hall–Kier alpha value is -2.27. The average Bonchev–Trinajstić information content (AvgIpc) is 2.48. The van der Waals surface area contributed by atoms with Gasteiger partial charge in [-0.1, -0.05) is 23.7 Å². The number of hydrogen-bond acceptors (Lipinski definition) is 3. The van der Waals surface area contributed by atoms with Crippen LogP contribution in [-0.2, 0) is 4.79 Å². The third-order valence-corrected chi connectivity index (χ3v) is 2.96. The highest BCUT2D eigenvalue weighted by molar-refractivity contribution is 6.33. The van der Waals surface area contributed by atoms with E-state index in [0.29, 0.717) is 16.5 Å². The van der Waals surface area contributed by atoms with Crippen LogP contribution < -0.4 is 14.8 Å². The number of halogens is 2. The molecule has 110 valence electrons. The van der Waals surface area contributed by atoms with Gasteiger partial charge in [-0.2, -0.15) is 0 Å². The molecule has 2 aromatic rings. The standard InChI is InChI=1S/C15H13ClFNO3/c1-20-10-6-7-13(11(16)8-10)18-15(19)9-21-14-5-3-2-4-12(14)17/h2-8H,9H2,1H3,(H,18,19). The number of nitrogens with one attached hydrogen (secondary N) is 1. The van der Waals surface area contributed by atoms with Gasteiger partial charge < -0.3 is 14.8 Å². The second kappa shape index (κ2) is 6.95. The second-order valence-corrected chi connectivity index (χ2v) is 4.52. The molecule has 0 spiro atoms. The summed E-state index contributed by atoms with van der Waals surface area (Å²) >= 11 is 6.00. The van der Waals surface area contributed by atoms with Gasteiger partial charge in [-0.15, -0.1) is 0 Å². The minimum atomic E-state index is -0.521. The smallest absolute Gasteiger partial charge is 0.262 e. The van der Waals surface area contributed by atoms with Gasteiger partial charge in [0.25, 0.3) is 5.91 Å². The summed E-state index contributed by atoms with van der Waals surface area (Å²) in [6.45, 7) is -0.316. The number of carbonyl (C=O) groups is 1. The van der Waals surface area contributed by atoms with Gasteiger partial charge in [-0.05, 0) is 24.3 Å². The van der Waals surface area contributed by atoms with E-state index in [1.54, 1.807) is 30.3 Å². The SMILES string of the molecule is COc1ccc(NC(=O)COc2ccccc2F)c(Cl)c1. The molecule has 1 N–H and O–H groups in total. The summed E-state index contributed by atoms with van der Waals surface area (Å²) in [5.74, 6) is -0.354. The number of amides is 1. The molecule has 2 aromatic carbocycles. The Bertz CT molecular complexity index is 649. The molecule has 0 saturated heterocycles. The molecule has 0 aliphatic carbocycles. The molecule has 21 heavy (non-hydrogen) atoms. The van der Waals surface area contributed by atoms with Crippen molar-refractivity contribution in [3.05, 3.63) is 53.3 Å². The summed E-state index contributed by atoms with van der Waals surface area (Å²) in [5, 5.41) is 2.92. The molecule has 4 nitrogen and oxygen atoms in total. The fourth-order valence-electron chi connectivity index (χ4n) is 1.62. The van der Waals surface area contributed by atoms with Crippen LogP contribution >= 0.6 is 11.6 Å². The molecule has 0 saturated carbocycles. The van der Waals surface area contributed by atoms with E-state index in [9.17, 15) is 9.18 Å². The largest absolute Gasteiger partial charge is 0.497 e. The van der Waals surface area contributed by atoms with Crippen LogP contribution in [0.25, 0.3) is 0 Å². The number of para-hydroxylation sites is 1. The van der Waals surface area contributed by atoms with Crippen molar-refractivity contribution in [2.45, 2.75) is 0 Å². The van der Waals surface area contributed by atoms with E-state index in [1.165, 1.54) is 19.2 Å². The molecule has 0 aliphatic rings. The van der Waals surface area contributed by atoms with Crippen molar-refractivity contribution in [2.75, 3.05) is 19.0 Å². The zero-order valence-corrected chi connectivity index (χ0v) is 12.0. The zero-order valence-electron chi connectivity index (χ0n) is 11.2. The number of benzene rings is 2. The maximum absolute atomic E-state index is 13.3. The van der Waals surface area contributed by atoms with Gasteiger partial charge in [-0.25, -0.2) is 4.39 Å². The first kappa shape index (κ1) is 15.1. The Kier molecular flexibility index (Phi) is 5.00. The third-order valence-electron chi connectivity index (χ3n) is 2.65. The van der Waals surface area contributed by atoms with Crippen LogP contribution in [0, 0.1) is 5.82 Å². The lowest BCUT2D eigenvalue weighted by Gasteiger charge is -2.10. The Morgan fingerprint density at radius 1 is 1.29 bits per heavy atom. The molecule has 0 radical (unpaired) electrons. The lowest BCUT2D eigenvalue weighted by molar-refractivity contribution is -0.118. The molecular formula is C15H13ClFNO3. The first-order valence-corrected chi connectivity index (χ1v) is 6.48. The molecule has 2 rings (SSSR count). The zero-order chi connectivity index (χ0) is 15.2. The fourth-order valence-corrected chi connectivity index (χ4v) is 1.83. The summed E-state index contributed by atoms with van der Waals surface area (Å²) in [4.78, 5) is 11.8. The maximum Gasteiger partial charge on any atom is 0.262 e. The average molecular weight is 310 g/mol. The molecule has 6 heteroatoms. The Morgan fingerprint density at radius 2 is 2.05 bits per heavy atom. The summed E-state index contributed by atoms with van der Waals surface area (Å²) in [7, 11) is 1.52. The molecule has 0 aliphatic heterocycles. The molecule has 0 aromatic heterocycles. The van der Waals surface area contributed by atoms with Gasteiger partial charge in [0.05, 0.1) is 17.8 Å². The molecule has 0 fully saturated rings. The highest BCUT2D eigenvalue weighted by Crippen LogP contribution is 2.26. The van der Waals surface area contributed by atoms with Gasteiger partial charge in [0.15, 0.2) is 18.2 Å². The lowest BCUT2D eigenvalue weighted by atomic mass is 10.3. The predicted octanol–water partition coefficient (Wildman–Crippen LogP) is 3.51. The Morgan fingerprint density at radius 3 is 2.71 bits per heavy atom. The highest BCUT2D eigenvalue weighted by atomic mass is 35.5. The Labute approximate surface area is 126 Å². The molecule has 1 amide bonds. The van der Waals surface area contributed by atoms with Gasteiger partial charge >= 0.3 is 0 Å². The van der Waals surface area contributed by atoms with E-state index in [0.717, 1.165) is 0 Å². The van der Waals surface area contributed by atoms with Crippen LogP contribution in [0.3, 0.4) is 0 Å². The van der Waals surface area contributed by atoms with Crippen LogP contribution in [-0.4, -0.2) is 19.6 Å². The van der Waals surface area contributed by atoms with Gasteiger partial charge in [0.1, 0.15) is 5.75 Å². The third kappa shape index (κ3) is 4.10. The van der Waals surface area contributed by atoms with Crippen molar-refractivity contribution < 1.29 is 18.7 Å². The molecule has 0 atom stereocenters. The van der Waals surface area contributed by atoms with E-state index in [2.05, 4.69) is 5.32 Å². The van der Waals surface area contributed by atoms with E-state index >= 15 is 0 Å². The highest BCUT2D eigenvalue weighted by Gasteiger charge is 2.09. The van der Waals surface area contributed by atoms with E-state index in [4.69, 9.17) is 21.1 Å². The predicted molar refractivity (Wildman–Crippen MR) is 78.5 cm³/mol. The number of carbonyl (C=O) groups excluding carboxylic acids is 1. The number of rotatable bonds is 5. The van der Waals surface area contributed by atoms with Crippen LogP contribution in [0.4, 0.5) is 10.1 Å². The lowest BCUT2D eigenvalue weighted by Crippen LogP contribution is -2.20. The van der Waals surface area contributed by atoms with Gasteiger partial charge in [-0.3, -0.25) is 4.79 Å². The van der Waals surface area contributed by atoms with Gasteiger partial charge in [0.2, 0.25) is 0 Å². The van der Waals surface area contributed by atoms with Crippen molar-refractivity contribution >= 4 is 23.2 Å². The molecule has 0 heterocycles. The Balaban J connectivity index is 1.95. The maximum atomic E-state index is 13.3. The van der Waals surface area contributed by atoms with E-state index < -0.39 is 11.7 Å². The number of anilines is 1. The minimum Gasteiger partial charge on any atom is -0.497 e.